The van der Waals surface area contributed by atoms with E-state index >= 15 is 0 Å². The largest absolute Gasteiger partial charge is 0.497 e. The number of hydrogen-bond acceptors (Lipinski definition) is 5. The molecule has 6 nitrogen and oxygen atoms in total. The summed E-state index contributed by atoms with van der Waals surface area (Å²) in [5, 5.41) is 12.3. The molecule has 0 saturated heterocycles. The normalized spacial score (nSPS) is 12.0. The molecule has 25 heavy (non-hydrogen) atoms. The van der Waals surface area contributed by atoms with Gasteiger partial charge in [-0.05, 0) is 43.9 Å². The zero-order valence-electron chi connectivity index (χ0n) is 14.9. The van der Waals surface area contributed by atoms with Gasteiger partial charge in [0.1, 0.15) is 5.75 Å². The summed E-state index contributed by atoms with van der Waals surface area (Å²) in [4.78, 5) is 22.9. The topological polar surface area (TPSA) is 84.9 Å². The number of allylic oxidation sites excluding steroid dienone is 1. The van der Waals surface area contributed by atoms with E-state index in [9.17, 15) is 14.7 Å². The average molecular weight is 349 g/mol. The van der Waals surface area contributed by atoms with Crippen molar-refractivity contribution in [2.75, 3.05) is 20.3 Å². The highest BCUT2D eigenvalue weighted by Gasteiger charge is 2.17. The fourth-order valence-corrected chi connectivity index (χ4v) is 2.09. The van der Waals surface area contributed by atoms with Crippen LogP contribution >= 0.6 is 0 Å². The first kappa shape index (κ1) is 20.7. The van der Waals surface area contributed by atoms with Crippen LogP contribution in [0.25, 0.3) is 6.08 Å². The second-order valence-electron chi connectivity index (χ2n) is 5.47. The molecule has 0 aliphatic rings. The quantitative estimate of drug-likeness (QED) is 0.473. The summed E-state index contributed by atoms with van der Waals surface area (Å²) in [6.07, 6.45) is 4.67. The van der Waals surface area contributed by atoms with Crippen LogP contribution in [0.15, 0.2) is 30.3 Å². The van der Waals surface area contributed by atoms with E-state index < -0.39 is 12.1 Å². The molecular formula is C19H27NO5. The summed E-state index contributed by atoms with van der Waals surface area (Å²) >= 11 is 0. The van der Waals surface area contributed by atoms with Crippen molar-refractivity contribution in [2.24, 2.45) is 0 Å². The van der Waals surface area contributed by atoms with Crippen LogP contribution in [0.4, 0.5) is 0 Å². The van der Waals surface area contributed by atoms with Crippen LogP contribution in [-0.4, -0.2) is 43.3 Å². The Morgan fingerprint density at radius 2 is 2.00 bits per heavy atom. The summed E-state index contributed by atoms with van der Waals surface area (Å²) in [5.74, 6) is -0.0330. The summed E-state index contributed by atoms with van der Waals surface area (Å²) in [6, 6.07) is 7.77. The van der Waals surface area contributed by atoms with Crippen molar-refractivity contribution >= 4 is 18.0 Å². The molecule has 1 atom stereocenters. The Morgan fingerprint density at radius 3 is 2.64 bits per heavy atom. The maximum absolute atomic E-state index is 11.6. The second kappa shape index (κ2) is 12.1. The van der Waals surface area contributed by atoms with Crippen LogP contribution in [0, 0.1) is 0 Å². The fourth-order valence-electron chi connectivity index (χ4n) is 2.09. The monoisotopic (exact) mass is 349 g/mol. The van der Waals surface area contributed by atoms with Gasteiger partial charge >= 0.3 is 5.97 Å². The predicted molar refractivity (Wildman–Crippen MR) is 96.1 cm³/mol. The first-order valence-corrected chi connectivity index (χ1v) is 8.48. The molecule has 6 heteroatoms. The van der Waals surface area contributed by atoms with Crippen molar-refractivity contribution in [3.63, 3.8) is 0 Å². The molecule has 0 aliphatic carbocycles. The minimum absolute atomic E-state index is 0.0715. The zero-order chi connectivity index (χ0) is 18.5. The van der Waals surface area contributed by atoms with Crippen LogP contribution in [0.5, 0.6) is 5.75 Å². The van der Waals surface area contributed by atoms with Crippen LogP contribution in [0.2, 0.25) is 0 Å². The molecule has 0 bridgehead atoms. The minimum Gasteiger partial charge on any atom is -0.497 e. The number of ether oxygens (including phenoxy) is 2. The molecule has 0 spiro atoms. The molecule has 2 N–H and O–H groups in total. The van der Waals surface area contributed by atoms with Crippen molar-refractivity contribution in [3.05, 3.63) is 35.9 Å². The lowest BCUT2D eigenvalue weighted by molar-refractivity contribution is -0.153. The molecule has 0 radical (unpaired) electrons. The Balaban J connectivity index is 2.12. The van der Waals surface area contributed by atoms with E-state index in [1.807, 2.05) is 30.3 Å². The molecule has 138 valence electrons. The summed E-state index contributed by atoms with van der Waals surface area (Å²) < 4.78 is 9.78. The van der Waals surface area contributed by atoms with Gasteiger partial charge in [0.05, 0.1) is 13.7 Å². The molecule has 0 fully saturated rings. The van der Waals surface area contributed by atoms with Gasteiger partial charge < -0.3 is 19.9 Å². The van der Waals surface area contributed by atoms with Gasteiger partial charge in [0, 0.05) is 13.0 Å². The van der Waals surface area contributed by atoms with Gasteiger partial charge in [-0.25, -0.2) is 4.79 Å². The number of aliphatic hydroxyl groups is 1. The lowest BCUT2D eigenvalue weighted by atomic mass is 10.1. The maximum atomic E-state index is 11.6. The van der Waals surface area contributed by atoms with E-state index in [1.165, 1.54) is 0 Å². The van der Waals surface area contributed by atoms with E-state index in [1.54, 1.807) is 14.0 Å². The fraction of sp³-hybridized carbons (Fsp3) is 0.474. The molecule has 1 amide bonds. The zero-order valence-corrected chi connectivity index (χ0v) is 14.9. The molecular weight excluding hydrogens is 322 g/mol. The molecule has 0 saturated carbocycles. The van der Waals surface area contributed by atoms with Crippen molar-refractivity contribution < 1.29 is 24.2 Å². The number of benzene rings is 1. The number of unbranched alkanes of at least 4 members (excludes halogenated alkanes) is 1. The Labute approximate surface area is 148 Å². The van der Waals surface area contributed by atoms with Crippen molar-refractivity contribution in [2.45, 2.75) is 38.7 Å². The first-order valence-electron chi connectivity index (χ1n) is 8.48. The molecule has 1 aromatic carbocycles. The van der Waals surface area contributed by atoms with E-state index in [-0.39, 0.29) is 25.4 Å². The first-order chi connectivity index (χ1) is 12.1. The molecule has 0 unspecified atom stereocenters. The van der Waals surface area contributed by atoms with Gasteiger partial charge in [-0.2, -0.15) is 0 Å². The third kappa shape index (κ3) is 8.91. The van der Waals surface area contributed by atoms with Crippen LogP contribution in [0.1, 0.15) is 38.2 Å². The number of aliphatic hydroxyl groups excluding tert-OH is 1. The number of carbonyl (C=O) groups excluding carboxylic acids is 2. The predicted octanol–water partition coefficient (Wildman–Crippen LogP) is 2.31. The van der Waals surface area contributed by atoms with Gasteiger partial charge in [0.25, 0.3) is 0 Å². The van der Waals surface area contributed by atoms with Gasteiger partial charge in [-0.3, -0.25) is 4.79 Å². The maximum Gasteiger partial charge on any atom is 0.334 e. The Kier molecular flexibility index (Phi) is 10.0. The highest BCUT2D eigenvalue weighted by atomic mass is 16.5. The van der Waals surface area contributed by atoms with Gasteiger partial charge in [-0.1, -0.05) is 24.3 Å². The second-order valence-corrected chi connectivity index (χ2v) is 5.47. The summed E-state index contributed by atoms with van der Waals surface area (Å²) in [7, 11) is 1.64. The van der Waals surface area contributed by atoms with Gasteiger partial charge in [0.2, 0.25) is 5.91 Å². The molecule has 0 heterocycles. The van der Waals surface area contributed by atoms with Gasteiger partial charge in [0.15, 0.2) is 6.10 Å². The SMILES string of the molecule is CCOC(=O)[C@@H](O)CCC(=O)NCCC/C=C\c1ccc(OC)cc1. The number of nitrogens with one attached hydrogen (secondary N) is 1. The number of hydrogen-bond donors (Lipinski definition) is 2. The van der Waals surface area contributed by atoms with Crippen LogP contribution < -0.4 is 10.1 Å². The van der Waals surface area contributed by atoms with Crippen molar-refractivity contribution in [3.8, 4) is 5.75 Å². The average Bonchev–Trinajstić information content (AvgIpc) is 2.63. The smallest absolute Gasteiger partial charge is 0.334 e. The number of methoxy groups -OCH3 is 1. The lowest BCUT2D eigenvalue weighted by Crippen LogP contribution is -2.28. The number of amides is 1. The van der Waals surface area contributed by atoms with Crippen molar-refractivity contribution in [1.82, 2.24) is 5.32 Å². The summed E-state index contributed by atoms with van der Waals surface area (Å²) in [6.45, 7) is 2.44. The van der Waals surface area contributed by atoms with E-state index in [4.69, 9.17) is 4.74 Å². The van der Waals surface area contributed by atoms with E-state index in [0.29, 0.717) is 6.54 Å². The highest BCUT2D eigenvalue weighted by Crippen LogP contribution is 2.12. The number of carbonyl (C=O) groups is 2. The lowest BCUT2D eigenvalue weighted by Gasteiger charge is -2.09. The van der Waals surface area contributed by atoms with Gasteiger partial charge in [-0.15, -0.1) is 0 Å². The number of rotatable bonds is 11. The molecule has 1 aromatic rings. The summed E-state index contributed by atoms with van der Waals surface area (Å²) in [5.41, 5.74) is 1.10. The standard InChI is InChI=1S/C19H27NO5/c1-3-25-19(23)17(21)12-13-18(22)20-14-6-4-5-7-15-8-10-16(24-2)11-9-15/h5,7-11,17,21H,3-4,6,12-14H2,1-2H3,(H,20,22)/b7-5-/t17-/m0/s1. The Bertz CT molecular complexity index is 553. The van der Waals surface area contributed by atoms with E-state index in [0.717, 1.165) is 24.2 Å². The molecule has 0 aliphatic heterocycles. The molecule has 1 rings (SSSR count). The third-order valence-corrected chi connectivity index (χ3v) is 3.50. The Hall–Kier alpha value is -2.34. The Morgan fingerprint density at radius 1 is 1.28 bits per heavy atom. The van der Waals surface area contributed by atoms with Crippen LogP contribution in [-0.2, 0) is 14.3 Å². The van der Waals surface area contributed by atoms with E-state index in [2.05, 4.69) is 16.1 Å². The van der Waals surface area contributed by atoms with Crippen molar-refractivity contribution in [1.29, 1.82) is 0 Å². The van der Waals surface area contributed by atoms with Crippen LogP contribution in [0.3, 0.4) is 0 Å². The molecule has 0 aromatic heterocycles. The minimum atomic E-state index is -1.24. The highest BCUT2D eigenvalue weighted by molar-refractivity contribution is 5.78. The number of esters is 1. The third-order valence-electron chi connectivity index (χ3n) is 3.50.